The maximum absolute atomic E-state index is 6.03. The van der Waals surface area contributed by atoms with E-state index in [1.54, 1.807) is 14.2 Å². The van der Waals surface area contributed by atoms with Crippen molar-refractivity contribution in [2.45, 2.75) is 11.8 Å². The molecular formula is C40H38O4. The molecule has 7 rings (SSSR count). The Morgan fingerprint density at radius 1 is 0.682 bits per heavy atom. The van der Waals surface area contributed by atoms with Crippen molar-refractivity contribution in [3.63, 3.8) is 0 Å². The molecule has 222 valence electrons. The van der Waals surface area contributed by atoms with Crippen LogP contribution in [0.3, 0.4) is 0 Å². The number of ether oxygens (including phenoxy) is 4. The molecule has 0 saturated heterocycles. The van der Waals surface area contributed by atoms with Gasteiger partial charge in [0.1, 0.15) is 24.7 Å². The fraction of sp³-hybridized carbons (Fsp3) is 0.250. The lowest BCUT2D eigenvalue weighted by atomic mass is 9.62. The van der Waals surface area contributed by atoms with Crippen molar-refractivity contribution >= 4 is 10.8 Å². The Hall–Kier alpha value is -4.38. The third-order valence-electron chi connectivity index (χ3n) is 9.32. The van der Waals surface area contributed by atoms with Crippen LogP contribution in [-0.2, 0) is 19.6 Å². The van der Waals surface area contributed by atoms with E-state index in [2.05, 4.69) is 127 Å². The summed E-state index contributed by atoms with van der Waals surface area (Å²) in [6.45, 7) is 2.23. The number of hydrogen-bond acceptors (Lipinski definition) is 4. The number of allylic oxidation sites excluding steroid dienone is 7. The normalized spacial score (nSPS) is 20.2. The summed E-state index contributed by atoms with van der Waals surface area (Å²) in [5.41, 5.74) is 5.92. The zero-order valence-electron chi connectivity index (χ0n) is 25.4. The monoisotopic (exact) mass is 582 g/mol. The van der Waals surface area contributed by atoms with Crippen molar-refractivity contribution in [3.8, 4) is 5.75 Å². The van der Waals surface area contributed by atoms with E-state index < -0.39 is 5.41 Å². The van der Waals surface area contributed by atoms with Crippen LogP contribution in [0.15, 0.2) is 144 Å². The number of benzene rings is 4. The summed E-state index contributed by atoms with van der Waals surface area (Å²) in [5.74, 6) is 2.21. The summed E-state index contributed by atoms with van der Waals surface area (Å²) in [5, 5.41) is 2.33. The maximum Gasteiger partial charge on any atom is 0.120 e. The van der Waals surface area contributed by atoms with Crippen molar-refractivity contribution in [2.75, 3.05) is 40.6 Å². The Kier molecular flexibility index (Phi) is 7.71. The number of methoxy groups -OCH3 is 2. The van der Waals surface area contributed by atoms with E-state index in [4.69, 9.17) is 18.9 Å². The largest absolute Gasteiger partial charge is 0.491 e. The summed E-state index contributed by atoms with van der Waals surface area (Å²) in [7, 11) is 3.39. The first-order valence-electron chi connectivity index (χ1n) is 15.4. The molecule has 2 atom stereocenters. The molecule has 4 aromatic carbocycles. The number of hydrogen-bond donors (Lipinski definition) is 0. The van der Waals surface area contributed by atoms with Crippen LogP contribution in [0.1, 0.15) is 23.1 Å². The first kappa shape index (κ1) is 28.4. The smallest absolute Gasteiger partial charge is 0.120 e. The van der Waals surface area contributed by atoms with Gasteiger partial charge < -0.3 is 18.9 Å². The molecular weight excluding hydrogens is 544 g/mol. The molecule has 4 nitrogen and oxygen atoms in total. The molecule has 3 aliphatic carbocycles. The van der Waals surface area contributed by atoms with Crippen LogP contribution in [0, 0.1) is 11.3 Å². The van der Waals surface area contributed by atoms with E-state index in [-0.39, 0.29) is 5.41 Å². The Labute approximate surface area is 259 Å². The maximum atomic E-state index is 6.03. The fourth-order valence-corrected chi connectivity index (χ4v) is 7.07. The van der Waals surface area contributed by atoms with Crippen molar-refractivity contribution in [2.24, 2.45) is 11.3 Å². The van der Waals surface area contributed by atoms with Crippen LogP contribution in [-0.4, -0.2) is 40.6 Å². The van der Waals surface area contributed by atoms with Crippen molar-refractivity contribution in [1.82, 2.24) is 0 Å². The van der Waals surface area contributed by atoms with Gasteiger partial charge in [-0.3, -0.25) is 0 Å². The second kappa shape index (κ2) is 12.0. The Bertz CT molecular complexity index is 1730. The highest BCUT2D eigenvalue weighted by atomic mass is 16.5. The zero-order chi connectivity index (χ0) is 30.0. The van der Waals surface area contributed by atoms with Gasteiger partial charge >= 0.3 is 0 Å². The quantitative estimate of drug-likeness (QED) is 0.125. The minimum Gasteiger partial charge on any atom is -0.491 e. The van der Waals surface area contributed by atoms with Crippen molar-refractivity contribution in [1.29, 1.82) is 0 Å². The van der Waals surface area contributed by atoms with Crippen LogP contribution in [0.5, 0.6) is 5.75 Å². The average molecular weight is 583 g/mol. The third kappa shape index (κ3) is 4.98. The molecule has 1 spiro atoms. The molecule has 0 amide bonds. The predicted molar refractivity (Wildman–Crippen MR) is 176 cm³/mol. The number of fused-ring (bicyclic) bond motifs is 1. The van der Waals surface area contributed by atoms with Gasteiger partial charge in [-0.15, -0.1) is 0 Å². The van der Waals surface area contributed by atoms with E-state index in [0.29, 0.717) is 32.3 Å². The fourth-order valence-electron chi connectivity index (χ4n) is 7.07. The molecule has 0 aliphatic heterocycles. The second-order valence-electron chi connectivity index (χ2n) is 11.8. The topological polar surface area (TPSA) is 36.9 Å². The molecule has 44 heavy (non-hydrogen) atoms. The van der Waals surface area contributed by atoms with Gasteiger partial charge in [-0.1, -0.05) is 97.1 Å². The highest BCUT2D eigenvalue weighted by Crippen LogP contribution is 2.66. The summed E-state index contributed by atoms with van der Waals surface area (Å²) in [6.07, 6.45) is 12.8. The van der Waals surface area contributed by atoms with E-state index in [0.717, 1.165) is 23.3 Å². The molecule has 4 heteroatoms. The molecule has 1 fully saturated rings. The van der Waals surface area contributed by atoms with Crippen LogP contribution in [0.2, 0.25) is 0 Å². The van der Waals surface area contributed by atoms with Gasteiger partial charge in [0.25, 0.3) is 0 Å². The highest BCUT2D eigenvalue weighted by molar-refractivity contribution is 5.86. The molecule has 0 bridgehead atoms. The van der Waals surface area contributed by atoms with Crippen LogP contribution in [0.25, 0.3) is 10.8 Å². The lowest BCUT2D eigenvalue weighted by Gasteiger charge is -2.40. The predicted octanol–water partition coefficient (Wildman–Crippen LogP) is 8.19. The van der Waals surface area contributed by atoms with Crippen molar-refractivity contribution < 1.29 is 18.9 Å². The number of rotatable bonds is 12. The summed E-state index contributed by atoms with van der Waals surface area (Å²) < 4.78 is 22.3. The third-order valence-corrected chi connectivity index (χ3v) is 9.32. The van der Waals surface area contributed by atoms with E-state index in [1.165, 1.54) is 33.2 Å². The molecule has 0 radical (unpaired) electrons. The summed E-state index contributed by atoms with van der Waals surface area (Å²) >= 11 is 0. The van der Waals surface area contributed by atoms with Gasteiger partial charge in [0.15, 0.2) is 0 Å². The first-order valence-corrected chi connectivity index (χ1v) is 15.4. The average Bonchev–Trinajstić information content (AvgIpc) is 3.78. The lowest BCUT2D eigenvalue weighted by molar-refractivity contribution is 0.113. The SMILES string of the molecule is COCCOC1=CC23CC2C=C(C(c2ccccc2)(c2ccccc2)c2ccc4cc(OCCOC)ccc4c2)C=C3C=C1. The van der Waals surface area contributed by atoms with Gasteiger partial charge in [-0.2, -0.15) is 0 Å². The second-order valence-corrected chi connectivity index (χ2v) is 11.8. The minimum atomic E-state index is -0.501. The first-order chi connectivity index (χ1) is 21.7. The summed E-state index contributed by atoms with van der Waals surface area (Å²) in [6, 6.07) is 35.2. The lowest BCUT2D eigenvalue weighted by Crippen LogP contribution is -2.33. The van der Waals surface area contributed by atoms with Gasteiger partial charge in [-0.05, 0) is 81.3 Å². The zero-order valence-corrected chi connectivity index (χ0v) is 25.4. The molecule has 2 unspecified atom stereocenters. The van der Waals surface area contributed by atoms with Crippen molar-refractivity contribution in [3.05, 3.63) is 161 Å². The molecule has 1 saturated carbocycles. The Morgan fingerprint density at radius 2 is 1.34 bits per heavy atom. The van der Waals surface area contributed by atoms with Gasteiger partial charge in [-0.25, -0.2) is 0 Å². The highest BCUT2D eigenvalue weighted by Gasteiger charge is 2.57. The summed E-state index contributed by atoms with van der Waals surface area (Å²) in [4.78, 5) is 0. The molecule has 0 aromatic heterocycles. The molecule has 3 aliphatic rings. The Morgan fingerprint density at radius 3 is 2.05 bits per heavy atom. The van der Waals surface area contributed by atoms with Crippen LogP contribution >= 0.6 is 0 Å². The van der Waals surface area contributed by atoms with Gasteiger partial charge in [0.2, 0.25) is 0 Å². The van der Waals surface area contributed by atoms with E-state index in [9.17, 15) is 0 Å². The van der Waals surface area contributed by atoms with Crippen LogP contribution in [0.4, 0.5) is 0 Å². The molecule has 0 N–H and O–H groups in total. The molecule has 4 aromatic rings. The Balaban J connectivity index is 1.36. The van der Waals surface area contributed by atoms with Crippen LogP contribution < -0.4 is 4.74 Å². The van der Waals surface area contributed by atoms with E-state index in [1.807, 2.05) is 0 Å². The van der Waals surface area contributed by atoms with E-state index >= 15 is 0 Å². The van der Waals surface area contributed by atoms with Gasteiger partial charge in [0, 0.05) is 19.6 Å². The minimum absolute atomic E-state index is 0.0162. The van der Waals surface area contributed by atoms with Gasteiger partial charge in [0.05, 0.1) is 18.6 Å². The molecule has 0 heterocycles. The standard InChI is InChI=1S/C40H38O4/c1-41-19-21-43-37-17-14-29-23-34(15-13-30(29)24-37)40(31-9-5-3-6-10-31,32-11-7-4-8-12-32)35-25-33-16-18-38(44-22-20-42-2)28-39(33)27-36(39)26-35/h3-18,23-26,28,36H,19-22,27H2,1-2H3.